The summed E-state index contributed by atoms with van der Waals surface area (Å²) in [6, 6.07) is 6.24. The first-order valence-corrected chi connectivity index (χ1v) is 4.52. The van der Waals surface area contributed by atoms with Gasteiger partial charge in [0.1, 0.15) is 0 Å². The van der Waals surface area contributed by atoms with Gasteiger partial charge in [-0.1, -0.05) is 18.2 Å². The topological polar surface area (TPSA) is 20.2 Å². The van der Waals surface area contributed by atoms with Gasteiger partial charge in [0.25, 0.3) is 0 Å². The van der Waals surface area contributed by atoms with Gasteiger partial charge in [0.2, 0.25) is 0 Å². The molecule has 1 fully saturated rings. The monoisotopic (exact) mass is 162 g/mol. The average Bonchev–Trinajstić information content (AvgIpc) is 2.88. The van der Waals surface area contributed by atoms with Crippen molar-refractivity contribution in [3.05, 3.63) is 34.9 Å². The van der Waals surface area contributed by atoms with Crippen molar-refractivity contribution in [2.75, 3.05) is 0 Å². The standard InChI is InChI=1S/C11H14O/c1-8-10(7-12)3-2-4-11(8)9-5-6-9/h2-4,9,12H,5-7H2,1H3. The molecule has 1 N–H and O–H groups in total. The largest absolute Gasteiger partial charge is 0.392 e. The van der Waals surface area contributed by atoms with Crippen LogP contribution in [0.25, 0.3) is 0 Å². The van der Waals surface area contributed by atoms with Crippen LogP contribution in [0, 0.1) is 6.92 Å². The van der Waals surface area contributed by atoms with Crippen molar-refractivity contribution in [2.24, 2.45) is 0 Å². The summed E-state index contributed by atoms with van der Waals surface area (Å²) in [5.74, 6) is 0.788. The van der Waals surface area contributed by atoms with E-state index in [0.29, 0.717) is 0 Å². The molecule has 1 heteroatoms. The van der Waals surface area contributed by atoms with Crippen molar-refractivity contribution in [1.82, 2.24) is 0 Å². The van der Waals surface area contributed by atoms with Gasteiger partial charge in [-0.2, -0.15) is 0 Å². The molecule has 1 aliphatic carbocycles. The van der Waals surface area contributed by atoms with E-state index in [1.807, 2.05) is 12.1 Å². The molecule has 0 amide bonds. The molecule has 1 saturated carbocycles. The Bertz CT molecular complexity index is 287. The molecule has 0 spiro atoms. The normalized spacial score (nSPS) is 16.5. The van der Waals surface area contributed by atoms with E-state index < -0.39 is 0 Å². The molecule has 0 aromatic heterocycles. The van der Waals surface area contributed by atoms with Crippen molar-refractivity contribution < 1.29 is 5.11 Å². The SMILES string of the molecule is Cc1c(CO)cccc1C1CC1. The predicted molar refractivity (Wildman–Crippen MR) is 49.1 cm³/mol. The Kier molecular flexibility index (Phi) is 1.89. The van der Waals surface area contributed by atoms with E-state index in [1.165, 1.54) is 24.0 Å². The smallest absolute Gasteiger partial charge is 0.0684 e. The van der Waals surface area contributed by atoms with Crippen LogP contribution < -0.4 is 0 Å². The molecule has 2 rings (SSSR count). The zero-order valence-electron chi connectivity index (χ0n) is 7.38. The Morgan fingerprint density at radius 1 is 1.42 bits per heavy atom. The molecule has 0 aliphatic heterocycles. The van der Waals surface area contributed by atoms with Crippen LogP contribution in [0.1, 0.15) is 35.4 Å². The molecule has 1 aromatic rings. The summed E-state index contributed by atoms with van der Waals surface area (Å²) in [4.78, 5) is 0. The van der Waals surface area contributed by atoms with Crippen LogP contribution in [0.5, 0.6) is 0 Å². The van der Waals surface area contributed by atoms with E-state index in [4.69, 9.17) is 5.11 Å². The average molecular weight is 162 g/mol. The third-order valence-corrected chi connectivity index (χ3v) is 2.68. The molecule has 1 aromatic carbocycles. The van der Waals surface area contributed by atoms with Gasteiger partial charge in [-0.05, 0) is 42.4 Å². The Morgan fingerprint density at radius 3 is 2.75 bits per heavy atom. The van der Waals surface area contributed by atoms with E-state index in [1.54, 1.807) is 0 Å². The van der Waals surface area contributed by atoms with Crippen molar-refractivity contribution >= 4 is 0 Å². The maximum Gasteiger partial charge on any atom is 0.0684 e. The van der Waals surface area contributed by atoms with E-state index in [9.17, 15) is 0 Å². The highest BCUT2D eigenvalue weighted by Gasteiger charge is 2.25. The minimum Gasteiger partial charge on any atom is -0.392 e. The molecule has 1 nitrogen and oxygen atoms in total. The quantitative estimate of drug-likeness (QED) is 0.707. The van der Waals surface area contributed by atoms with Crippen LogP contribution in [0.2, 0.25) is 0 Å². The highest BCUT2D eigenvalue weighted by atomic mass is 16.3. The zero-order valence-corrected chi connectivity index (χ0v) is 7.38. The molecule has 0 unspecified atom stereocenters. The van der Waals surface area contributed by atoms with Crippen LogP contribution in [0.15, 0.2) is 18.2 Å². The Morgan fingerprint density at radius 2 is 2.17 bits per heavy atom. The number of rotatable bonds is 2. The number of benzene rings is 1. The zero-order chi connectivity index (χ0) is 8.55. The van der Waals surface area contributed by atoms with Gasteiger partial charge in [0.05, 0.1) is 6.61 Å². The van der Waals surface area contributed by atoms with Crippen molar-refractivity contribution in [3.8, 4) is 0 Å². The molecule has 0 atom stereocenters. The third kappa shape index (κ3) is 1.25. The predicted octanol–water partition coefficient (Wildman–Crippen LogP) is 2.36. The minimum atomic E-state index is 0.173. The summed E-state index contributed by atoms with van der Waals surface area (Å²) < 4.78 is 0. The second-order valence-electron chi connectivity index (χ2n) is 3.56. The minimum absolute atomic E-state index is 0.173. The summed E-state index contributed by atoms with van der Waals surface area (Å²) in [5, 5.41) is 9.05. The summed E-state index contributed by atoms with van der Waals surface area (Å²) in [5.41, 5.74) is 3.82. The Hall–Kier alpha value is -0.820. The fraction of sp³-hybridized carbons (Fsp3) is 0.455. The Balaban J connectivity index is 2.40. The highest BCUT2D eigenvalue weighted by Crippen LogP contribution is 2.41. The molecule has 0 saturated heterocycles. The number of aliphatic hydroxyl groups excluding tert-OH is 1. The van der Waals surface area contributed by atoms with Gasteiger partial charge in [-0.25, -0.2) is 0 Å². The molecular formula is C11H14O. The fourth-order valence-corrected chi connectivity index (χ4v) is 1.71. The fourth-order valence-electron chi connectivity index (χ4n) is 1.71. The lowest BCUT2D eigenvalue weighted by Crippen LogP contribution is -1.93. The van der Waals surface area contributed by atoms with Crippen molar-refractivity contribution in [1.29, 1.82) is 0 Å². The van der Waals surface area contributed by atoms with Crippen molar-refractivity contribution in [2.45, 2.75) is 32.3 Å². The molecule has 64 valence electrons. The maximum absolute atomic E-state index is 9.05. The lowest BCUT2D eigenvalue weighted by atomic mass is 10.00. The van der Waals surface area contributed by atoms with Gasteiger partial charge < -0.3 is 5.11 Å². The van der Waals surface area contributed by atoms with Crippen LogP contribution in [0.3, 0.4) is 0 Å². The lowest BCUT2D eigenvalue weighted by molar-refractivity contribution is 0.281. The molecule has 1 aliphatic rings. The summed E-state index contributed by atoms with van der Waals surface area (Å²) >= 11 is 0. The van der Waals surface area contributed by atoms with Gasteiger partial charge in [0, 0.05) is 0 Å². The van der Waals surface area contributed by atoms with Crippen LogP contribution in [0.4, 0.5) is 0 Å². The third-order valence-electron chi connectivity index (χ3n) is 2.68. The van der Waals surface area contributed by atoms with Crippen LogP contribution in [-0.4, -0.2) is 5.11 Å². The maximum atomic E-state index is 9.05. The second-order valence-corrected chi connectivity index (χ2v) is 3.56. The summed E-state index contributed by atoms with van der Waals surface area (Å²) in [7, 11) is 0. The number of hydrogen-bond donors (Lipinski definition) is 1. The summed E-state index contributed by atoms with van der Waals surface area (Å²) in [6.45, 7) is 2.28. The van der Waals surface area contributed by atoms with E-state index in [2.05, 4.69) is 13.0 Å². The molecular weight excluding hydrogens is 148 g/mol. The van der Waals surface area contributed by atoms with E-state index in [-0.39, 0.29) is 6.61 Å². The number of hydrogen-bond acceptors (Lipinski definition) is 1. The van der Waals surface area contributed by atoms with Gasteiger partial charge in [0.15, 0.2) is 0 Å². The van der Waals surface area contributed by atoms with Crippen LogP contribution in [-0.2, 0) is 6.61 Å². The van der Waals surface area contributed by atoms with E-state index >= 15 is 0 Å². The van der Waals surface area contributed by atoms with Gasteiger partial charge in [-0.15, -0.1) is 0 Å². The van der Waals surface area contributed by atoms with E-state index in [0.717, 1.165) is 11.5 Å². The molecule has 0 radical (unpaired) electrons. The Labute approximate surface area is 73.0 Å². The van der Waals surface area contributed by atoms with Crippen molar-refractivity contribution in [3.63, 3.8) is 0 Å². The van der Waals surface area contributed by atoms with Gasteiger partial charge >= 0.3 is 0 Å². The molecule has 0 heterocycles. The first-order chi connectivity index (χ1) is 5.83. The lowest BCUT2D eigenvalue weighted by Gasteiger charge is -2.07. The summed E-state index contributed by atoms with van der Waals surface area (Å²) in [6.07, 6.45) is 2.66. The number of aliphatic hydroxyl groups is 1. The van der Waals surface area contributed by atoms with Gasteiger partial charge in [-0.3, -0.25) is 0 Å². The second kappa shape index (κ2) is 2.91. The highest BCUT2D eigenvalue weighted by molar-refractivity contribution is 5.38. The first-order valence-electron chi connectivity index (χ1n) is 4.52. The molecule has 0 bridgehead atoms. The van der Waals surface area contributed by atoms with Crippen LogP contribution >= 0.6 is 0 Å². The molecule has 12 heavy (non-hydrogen) atoms. The first kappa shape index (κ1) is 7.81.